The van der Waals surface area contributed by atoms with Gasteiger partial charge in [-0.05, 0) is 31.2 Å². The van der Waals surface area contributed by atoms with E-state index >= 15 is 0 Å². The van der Waals surface area contributed by atoms with Crippen LogP contribution in [0.2, 0.25) is 0 Å². The number of thiazole rings is 1. The molecule has 10 heteroatoms. The van der Waals surface area contributed by atoms with E-state index in [2.05, 4.69) is 20.2 Å². The number of aromatic nitrogens is 1. The smallest absolute Gasteiger partial charge is 0.337 e. The normalized spacial score (nSPS) is 10.8. The molecule has 1 heterocycles. The van der Waals surface area contributed by atoms with Gasteiger partial charge in [-0.3, -0.25) is 10.2 Å². The predicted molar refractivity (Wildman–Crippen MR) is 119 cm³/mol. The van der Waals surface area contributed by atoms with E-state index in [4.69, 9.17) is 4.74 Å². The van der Waals surface area contributed by atoms with Crippen molar-refractivity contribution >= 4 is 34.6 Å². The van der Waals surface area contributed by atoms with Gasteiger partial charge in [-0.25, -0.2) is 14.2 Å². The van der Waals surface area contributed by atoms with E-state index in [0.717, 1.165) is 6.07 Å². The Morgan fingerprint density at radius 3 is 2.84 bits per heavy atom. The third-order valence-electron chi connectivity index (χ3n) is 4.29. The molecule has 0 aliphatic carbocycles. The summed E-state index contributed by atoms with van der Waals surface area (Å²) in [6, 6.07) is 8.51. The van der Waals surface area contributed by atoms with Crippen LogP contribution in [0.25, 0.3) is 11.1 Å². The molecule has 2 aromatic carbocycles. The number of anilines is 1. The number of halogens is 1. The van der Waals surface area contributed by atoms with Crippen LogP contribution in [-0.4, -0.2) is 42.0 Å². The summed E-state index contributed by atoms with van der Waals surface area (Å²) >= 11 is 1.26. The van der Waals surface area contributed by atoms with Gasteiger partial charge in [0.15, 0.2) is 0 Å². The molecule has 0 saturated heterocycles. The molecular weight excluding hydrogens is 437 g/mol. The van der Waals surface area contributed by atoms with Gasteiger partial charge in [-0.2, -0.15) is 5.10 Å². The van der Waals surface area contributed by atoms with Crippen molar-refractivity contribution in [1.82, 2.24) is 4.98 Å². The summed E-state index contributed by atoms with van der Waals surface area (Å²) in [4.78, 5) is 27.5. The fourth-order valence-electron chi connectivity index (χ4n) is 2.82. The molecule has 0 saturated carbocycles. The van der Waals surface area contributed by atoms with E-state index in [1.165, 1.54) is 42.9 Å². The summed E-state index contributed by atoms with van der Waals surface area (Å²) < 4.78 is 24.0. The first-order valence-corrected chi connectivity index (χ1v) is 10.4. The molecule has 0 spiro atoms. The number of hydrogen-bond donors (Lipinski definition) is 2. The molecule has 0 atom stereocenters. The summed E-state index contributed by atoms with van der Waals surface area (Å²) in [5.74, 6) is -1.78. The lowest BCUT2D eigenvalue weighted by atomic mass is 9.99. The highest BCUT2D eigenvalue weighted by atomic mass is 32.1. The largest absolute Gasteiger partial charge is 0.507 e. The highest BCUT2D eigenvalue weighted by molar-refractivity contribution is 7.13. The maximum Gasteiger partial charge on any atom is 0.337 e. The zero-order valence-corrected chi connectivity index (χ0v) is 18.1. The lowest BCUT2D eigenvalue weighted by Crippen LogP contribution is -2.07. The number of methoxy groups -OCH3 is 1. The predicted octanol–water partition coefficient (Wildman–Crippen LogP) is 3.99. The highest BCUT2D eigenvalue weighted by Crippen LogP contribution is 2.34. The molecular formula is C22H20FN3O5S. The molecule has 0 bridgehead atoms. The second-order valence-corrected chi connectivity index (χ2v) is 7.28. The number of hydrazone groups is 1. The number of benzene rings is 2. The van der Waals surface area contributed by atoms with Gasteiger partial charge in [-0.1, -0.05) is 12.1 Å². The van der Waals surface area contributed by atoms with E-state index in [0.29, 0.717) is 23.0 Å². The monoisotopic (exact) mass is 457 g/mol. The van der Waals surface area contributed by atoms with Crippen LogP contribution in [0.5, 0.6) is 5.75 Å². The number of hydrogen-bond acceptors (Lipinski definition) is 9. The number of ether oxygens (including phenoxy) is 2. The zero-order valence-electron chi connectivity index (χ0n) is 17.3. The number of carbonyl (C=O) groups excluding carboxylic acids is 2. The number of nitrogens with zero attached hydrogens (tertiary/aromatic N) is 2. The first kappa shape index (κ1) is 22.9. The average Bonchev–Trinajstić information content (AvgIpc) is 3.22. The van der Waals surface area contributed by atoms with Gasteiger partial charge in [0.05, 0.1) is 37.6 Å². The van der Waals surface area contributed by atoms with Gasteiger partial charge in [0.2, 0.25) is 5.13 Å². The Kier molecular flexibility index (Phi) is 7.50. The summed E-state index contributed by atoms with van der Waals surface area (Å²) in [6.07, 6.45) is 1.42. The Morgan fingerprint density at radius 1 is 1.28 bits per heavy atom. The van der Waals surface area contributed by atoms with E-state index in [-0.39, 0.29) is 34.8 Å². The SMILES string of the molecule is CCOC(=O)Cc1csc(NN=Cc2cccc(-c3cc(C(=O)OC)ccc3F)c2O)n1. The number of carbonyl (C=O) groups is 2. The van der Waals surface area contributed by atoms with Crippen LogP contribution in [0.1, 0.15) is 28.5 Å². The summed E-state index contributed by atoms with van der Waals surface area (Å²) in [6.45, 7) is 2.03. The molecule has 1 aromatic heterocycles. The molecule has 166 valence electrons. The van der Waals surface area contributed by atoms with Gasteiger partial charge in [0.1, 0.15) is 11.6 Å². The maximum absolute atomic E-state index is 14.4. The molecule has 0 fully saturated rings. The third-order valence-corrected chi connectivity index (χ3v) is 5.09. The third kappa shape index (κ3) is 5.46. The molecule has 8 nitrogen and oxygen atoms in total. The van der Waals surface area contributed by atoms with E-state index in [1.54, 1.807) is 24.4 Å². The van der Waals surface area contributed by atoms with Crippen LogP contribution in [0.4, 0.5) is 9.52 Å². The van der Waals surface area contributed by atoms with Gasteiger partial charge < -0.3 is 14.6 Å². The van der Waals surface area contributed by atoms with Crippen LogP contribution < -0.4 is 5.43 Å². The van der Waals surface area contributed by atoms with Crippen LogP contribution >= 0.6 is 11.3 Å². The van der Waals surface area contributed by atoms with E-state index in [9.17, 15) is 19.1 Å². The average molecular weight is 457 g/mol. The molecule has 0 amide bonds. The molecule has 0 aliphatic heterocycles. The molecule has 0 radical (unpaired) electrons. The zero-order chi connectivity index (χ0) is 23.1. The van der Waals surface area contributed by atoms with Crippen LogP contribution in [0.15, 0.2) is 46.9 Å². The number of aromatic hydroxyl groups is 1. The summed E-state index contributed by atoms with van der Waals surface area (Å²) in [5, 5.41) is 16.8. The Bertz CT molecular complexity index is 1160. The van der Waals surface area contributed by atoms with Gasteiger partial charge in [0.25, 0.3) is 0 Å². The van der Waals surface area contributed by atoms with Crippen molar-refractivity contribution in [2.75, 3.05) is 19.1 Å². The molecule has 0 aliphatic rings. The first-order chi connectivity index (χ1) is 15.4. The van der Waals surface area contributed by atoms with Crippen molar-refractivity contribution in [1.29, 1.82) is 0 Å². The first-order valence-electron chi connectivity index (χ1n) is 9.52. The Morgan fingerprint density at radius 2 is 2.09 bits per heavy atom. The second kappa shape index (κ2) is 10.5. The van der Waals surface area contributed by atoms with Crippen LogP contribution in [-0.2, 0) is 20.7 Å². The molecule has 2 N–H and O–H groups in total. The minimum atomic E-state index is -0.613. The van der Waals surface area contributed by atoms with Crippen molar-refractivity contribution in [2.45, 2.75) is 13.3 Å². The molecule has 3 aromatic rings. The maximum atomic E-state index is 14.4. The standard InChI is InChI=1S/C22H20FN3O5S/c1-3-31-19(27)10-15-12-32-22(25-15)26-24-11-14-5-4-6-16(20(14)28)17-9-13(21(29)30-2)7-8-18(17)23/h4-9,11-12,28H,3,10H2,1-2H3,(H,25,26). The van der Waals surface area contributed by atoms with Crippen LogP contribution in [0.3, 0.4) is 0 Å². The molecule has 32 heavy (non-hydrogen) atoms. The lowest BCUT2D eigenvalue weighted by molar-refractivity contribution is -0.142. The van der Waals surface area contributed by atoms with Gasteiger partial charge in [-0.15, -0.1) is 11.3 Å². The second-order valence-electron chi connectivity index (χ2n) is 6.43. The number of nitrogens with one attached hydrogen (secondary N) is 1. The quantitative estimate of drug-likeness (QED) is 0.299. The highest BCUT2D eigenvalue weighted by Gasteiger charge is 2.15. The van der Waals surface area contributed by atoms with Gasteiger partial charge >= 0.3 is 11.9 Å². The number of esters is 2. The Hall–Kier alpha value is -3.79. The van der Waals surface area contributed by atoms with Gasteiger partial charge in [0, 0.05) is 22.1 Å². The Labute approximate surface area is 187 Å². The van der Waals surface area contributed by atoms with Crippen molar-refractivity contribution in [3.8, 4) is 16.9 Å². The topological polar surface area (TPSA) is 110 Å². The molecule has 0 unspecified atom stereocenters. The number of phenolic OH excluding ortho intramolecular Hbond substituents is 1. The number of para-hydroxylation sites is 1. The van der Waals surface area contributed by atoms with E-state index < -0.39 is 11.8 Å². The minimum absolute atomic E-state index is 0.0529. The summed E-state index contributed by atoms with van der Waals surface area (Å²) in [5.41, 5.74) is 4.01. The summed E-state index contributed by atoms with van der Waals surface area (Å²) in [7, 11) is 1.23. The fourth-order valence-corrected chi connectivity index (χ4v) is 3.47. The number of rotatable bonds is 8. The lowest BCUT2D eigenvalue weighted by Gasteiger charge is -2.10. The number of phenols is 1. The minimum Gasteiger partial charge on any atom is -0.507 e. The van der Waals surface area contributed by atoms with Crippen molar-refractivity contribution in [2.24, 2.45) is 5.10 Å². The molecule has 3 rings (SSSR count). The van der Waals surface area contributed by atoms with Crippen LogP contribution in [0, 0.1) is 5.82 Å². The fraction of sp³-hybridized carbons (Fsp3) is 0.182. The van der Waals surface area contributed by atoms with E-state index in [1.807, 2.05) is 0 Å². The Balaban J connectivity index is 1.77. The van der Waals surface area contributed by atoms with Crippen molar-refractivity contribution in [3.63, 3.8) is 0 Å². The van der Waals surface area contributed by atoms with Crippen molar-refractivity contribution < 1.29 is 28.6 Å². The van der Waals surface area contributed by atoms with Crippen molar-refractivity contribution in [3.05, 3.63) is 64.4 Å².